The van der Waals surface area contributed by atoms with E-state index in [2.05, 4.69) is 23.6 Å². The van der Waals surface area contributed by atoms with E-state index in [0.29, 0.717) is 12.6 Å². The van der Waals surface area contributed by atoms with E-state index in [9.17, 15) is 4.79 Å². The molecule has 0 bridgehead atoms. The molecule has 2 rings (SSSR count). The number of nitrogens with zero attached hydrogens (tertiary/aromatic N) is 2. The number of hydrogen-bond acceptors (Lipinski definition) is 4. The number of carboxylic acid groups (broad SMARTS) is 1. The lowest BCUT2D eigenvalue weighted by molar-refractivity contribution is 0.0652. The van der Waals surface area contributed by atoms with Crippen molar-refractivity contribution in [2.45, 2.75) is 32.9 Å². The molecule has 1 N–H and O–H groups in total. The third-order valence-corrected chi connectivity index (χ3v) is 3.87. The van der Waals surface area contributed by atoms with Crippen molar-refractivity contribution in [3.8, 4) is 0 Å². The summed E-state index contributed by atoms with van der Waals surface area (Å²) in [7, 11) is 0. The first-order valence-electron chi connectivity index (χ1n) is 6.88. The molecule has 2 heterocycles. The fourth-order valence-corrected chi connectivity index (χ4v) is 2.42. The zero-order chi connectivity index (χ0) is 13.8. The van der Waals surface area contributed by atoms with Crippen molar-refractivity contribution in [3.63, 3.8) is 0 Å². The number of carbonyl (C=O) groups is 1. The van der Waals surface area contributed by atoms with Gasteiger partial charge in [-0.3, -0.25) is 9.80 Å². The summed E-state index contributed by atoms with van der Waals surface area (Å²) in [6.45, 7) is 9.33. The molecule has 0 amide bonds. The minimum Gasteiger partial charge on any atom is -0.475 e. The van der Waals surface area contributed by atoms with Crippen molar-refractivity contribution < 1.29 is 14.3 Å². The zero-order valence-corrected chi connectivity index (χ0v) is 11.6. The first-order chi connectivity index (χ1) is 9.10. The molecule has 106 valence electrons. The highest BCUT2D eigenvalue weighted by Gasteiger charge is 2.21. The molecule has 5 nitrogen and oxygen atoms in total. The van der Waals surface area contributed by atoms with Crippen LogP contribution >= 0.6 is 0 Å². The number of rotatable bonds is 5. The van der Waals surface area contributed by atoms with Gasteiger partial charge in [0.15, 0.2) is 0 Å². The largest absolute Gasteiger partial charge is 0.475 e. The summed E-state index contributed by atoms with van der Waals surface area (Å²) in [6, 6.07) is 3.92. The molecule has 1 unspecified atom stereocenters. The zero-order valence-electron chi connectivity index (χ0n) is 11.6. The molecule has 19 heavy (non-hydrogen) atoms. The summed E-state index contributed by atoms with van der Waals surface area (Å²) in [6.07, 6.45) is 1.18. The van der Waals surface area contributed by atoms with E-state index in [1.165, 1.54) is 12.5 Å². The van der Waals surface area contributed by atoms with E-state index in [-0.39, 0.29) is 5.76 Å². The second-order valence-corrected chi connectivity index (χ2v) is 5.14. The van der Waals surface area contributed by atoms with Gasteiger partial charge in [0.2, 0.25) is 5.76 Å². The summed E-state index contributed by atoms with van der Waals surface area (Å²) >= 11 is 0. The van der Waals surface area contributed by atoms with E-state index in [1.807, 2.05) is 0 Å². The van der Waals surface area contributed by atoms with E-state index in [0.717, 1.165) is 31.9 Å². The minimum absolute atomic E-state index is 0.0215. The van der Waals surface area contributed by atoms with Crippen molar-refractivity contribution in [1.82, 2.24) is 9.80 Å². The van der Waals surface area contributed by atoms with Gasteiger partial charge in [0.25, 0.3) is 0 Å². The number of carboxylic acids is 1. The van der Waals surface area contributed by atoms with Crippen molar-refractivity contribution in [1.29, 1.82) is 0 Å². The molecule has 0 aliphatic carbocycles. The monoisotopic (exact) mass is 266 g/mol. The summed E-state index contributed by atoms with van der Waals surface area (Å²) in [5, 5.41) is 8.81. The molecule has 1 aliphatic rings. The van der Waals surface area contributed by atoms with Gasteiger partial charge in [-0.05, 0) is 25.5 Å². The van der Waals surface area contributed by atoms with Crippen molar-refractivity contribution in [2.75, 3.05) is 26.2 Å². The van der Waals surface area contributed by atoms with Crippen molar-refractivity contribution in [3.05, 3.63) is 23.7 Å². The van der Waals surface area contributed by atoms with Crippen LogP contribution in [0.5, 0.6) is 0 Å². The lowest BCUT2D eigenvalue weighted by Gasteiger charge is -2.37. The fourth-order valence-electron chi connectivity index (χ4n) is 2.42. The van der Waals surface area contributed by atoms with Gasteiger partial charge in [-0.2, -0.15) is 0 Å². The van der Waals surface area contributed by atoms with E-state index in [1.54, 1.807) is 6.07 Å². The Hall–Kier alpha value is -1.33. The van der Waals surface area contributed by atoms with Gasteiger partial charge in [-0.1, -0.05) is 6.92 Å². The van der Waals surface area contributed by atoms with Crippen LogP contribution in [-0.2, 0) is 6.54 Å². The summed E-state index contributed by atoms with van der Waals surface area (Å²) in [5.74, 6) is -0.254. The first kappa shape index (κ1) is 14.1. The second-order valence-electron chi connectivity index (χ2n) is 5.14. The van der Waals surface area contributed by atoms with Crippen LogP contribution in [0.15, 0.2) is 16.5 Å². The molecule has 5 heteroatoms. The maximum absolute atomic E-state index is 10.7. The average Bonchev–Trinajstić information content (AvgIpc) is 2.87. The van der Waals surface area contributed by atoms with Crippen molar-refractivity contribution in [2.24, 2.45) is 0 Å². The molecule has 1 aromatic heterocycles. The van der Waals surface area contributed by atoms with Crippen LogP contribution in [0, 0.1) is 0 Å². The Kier molecular flexibility index (Phi) is 4.61. The Balaban J connectivity index is 1.83. The van der Waals surface area contributed by atoms with Gasteiger partial charge < -0.3 is 9.52 Å². The van der Waals surface area contributed by atoms with Crippen molar-refractivity contribution >= 4 is 5.97 Å². The quantitative estimate of drug-likeness (QED) is 0.882. The van der Waals surface area contributed by atoms with E-state index < -0.39 is 5.97 Å². The van der Waals surface area contributed by atoms with Gasteiger partial charge >= 0.3 is 5.97 Å². The number of furan rings is 1. The van der Waals surface area contributed by atoms with E-state index >= 15 is 0 Å². The molecule has 0 aromatic carbocycles. The number of piperazine rings is 1. The van der Waals surface area contributed by atoms with Gasteiger partial charge in [0, 0.05) is 32.2 Å². The Morgan fingerprint density at radius 3 is 2.58 bits per heavy atom. The van der Waals surface area contributed by atoms with Gasteiger partial charge in [-0.15, -0.1) is 0 Å². The molecule has 1 saturated heterocycles. The van der Waals surface area contributed by atoms with E-state index in [4.69, 9.17) is 9.52 Å². The van der Waals surface area contributed by atoms with Crippen LogP contribution < -0.4 is 0 Å². The van der Waals surface area contributed by atoms with Crippen LogP contribution in [0.4, 0.5) is 0 Å². The van der Waals surface area contributed by atoms with Crippen LogP contribution in [-0.4, -0.2) is 53.1 Å². The van der Waals surface area contributed by atoms with Gasteiger partial charge in [0.05, 0.1) is 6.54 Å². The molecule has 1 fully saturated rings. The van der Waals surface area contributed by atoms with Crippen LogP contribution in [0.1, 0.15) is 36.6 Å². The Morgan fingerprint density at radius 1 is 1.37 bits per heavy atom. The molecule has 0 radical (unpaired) electrons. The summed E-state index contributed by atoms with van der Waals surface area (Å²) in [4.78, 5) is 15.6. The maximum atomic E-state index is 10.7. The average molecular weight is 266 g/mol. The third-order valence-electron chi connectivity index (χ3n) is 3.87. The molecule has 1 aromatic rings. The highest BCUT2D eigenvalue weighted by molar-refractivity contribution is 5.84. The number of hydrogen-bond donors (Lipinski definition) is 1. The Morgan fingerprint density at radius 2 is 2.05 bits per heavy atom. The van der Waals surface area contributed by atoms with Crippen LogP contribution in [0.3, 0.4) is 0 Å². The maximum Gasteiger partial charge on any atom is 0.371 e. The SMILES string of the molecule is CCC(C)N1CCN(Cc2ccc(C(=O)O)o2)CC1. The first-order valence-corrected chi connectivity index (χ1v) is 6.88. The molecule has 0 spiro atoms. The summed E-state index contributed by atoms with van der Waals surface area (Å²) in [5.41, 5.74) is 0. The lowest BCUT2D eigenvalue weighted by Crippen LogP contribution is -2.48. The fraction of sp³-hybridized carbons (Fsp3) is 0.643. The van der Waals surface area contributed by atoms with Crippen LogP contribution in [0.2, 0.25) is 0 Å². The van der Waals surface area contributed by atoms with Gasteiger partial charge in [0.1, 0.15) is 5.76 Å². The molecule has 1 atom stereocenters. The smallest absolute Gasteiger partial charge is 0.371 e. The third kappa shape index (κ3) is 3.58. The predicted molar refractivity (Wildman–Crippen MR) is 72.3 cm³/mol. The highest BCUT2D eigenvalue weighted by atomic mass is 16.4. The molecule has 1 aliphatic heterocycles. The normalized spacial score (nSPS) is 19.5. The Labute approximate surface area is 113 Å². The highest BCUT2D eigenvalue weighted by Crippen LogP contribution is 2.14. The standard InChI is InChI=1S/C14H22N2O3/c1-3-11(2)16-8-6-15(7-9-16)10-12-4-5-13(19-12)14(17)18/h4-5,11H,3,6-10H2,1-2H3,(H,17,18). The lowest BCUT2D eigenvalue weighted by atomic mass is 10.2. The molecular weight excluding hydrogens is 244 g/mol. The van der Waals surface area contributed by atoms with Crippen LogP contribution in [0.25, 0.3) is 0 Å². The summed E-state index contributed by atoms with van der Waals surface area (Å²) < 4.78 is 5.29. The minimum atomic E-state index is -1.01. The number of aromatic carboxylic acids is 1. The molecule has 0 saturated carbocycles. The molecular formula is C14H22N2O3. The Bertz CT molecular complexity index is 422. The second kappa shape index (κ2) is 6.21. The predicted octanol–water partition coefficient (Wildman–Crippen LogP) is 1.89. The topological polar surface area (TPSA) is 56.9 Å². The van der Waals surface area contributed by atoms with Gasteiger partial charge in [-0.25, -0.2) is 4.79 Å².